The van der Waals surface area contributed by atoms with Crippen molar-refractivity contribution in [3.8, 4) is 5.69 Å². The molecule has 0 saturated heterocycles. The first kappa shape index (κ1) is 18.0. The van der Waals surface area contributed by atoms with Gasteiger partial charge in [-0.05, 0) is 66.6 Å². The molecule has 138 valence electrons. The highest BCUT2D eigenvalue weighted by molar-refractivity contribution is 8.00. The van der Waals surface area contributed by atoms with Crippen molar-refractivity contribution in [1.29, 1.82) is 0 Å². The molecular formula is C19H18ClN5OS. The van der Waals surface area contributed by atoms with Crippen LogP contribution in [0.25, 0.3) is 5.69 Å². The van der Waals surface area contributed by atoms with Crippen molar-refractivity contribution in [2.24, 2.45) is 0 Å². The summed E-state index contributed by atoms with van der Waals surface area (Å²) in [5.41, 5.74) is 3.01. The van der Waals surface area contributed by atoms with E-state index in [0.717, 1.165) is 17.8 Å². The van der Waals surface area contributed by atoms with Crippen LogP contribution in [0.4, 0.5) is 5.69 Å². The lowest BCUT2D eigenvalue weighted by molar-refractivity contribution is -0.118. The smallest absolute Gasteiger partial charge is 0.240 e. The standard InChI is InChI=1S/C19H18ClN5OS/c1-12-11-14-5-3-4-6-17(14)24(12)18(26)13(2)27-19-21-22-23-25(19)16-9-7-15(20)8-10-16/h3-10,12-13H,11H2,1-2H3/t12-,13-/m1/s1. The molecule has 1 amide bonds. The van der Waals surface area contributed by atoms with Gasteiger partial charge >= 0.3 is 0 Å². The molecule has 4 rings (SSSR count). The van der Waals surface area contributed by atoms with Gasteiger partial charge in [0.25, 0.3) is 0 Å². The molecule has 6 nitrogen and oxygen atoms in total. The number of anilines is 1. The number of hydrogen-bond acceptors (Lipinski definition) is 5. The van der Waals surface area contributed by atoms with Gasteiger partial charge in [-0.15, -0.1) is 5.10 Å². The van der Waals surface area contributed by atoms with Crippen molar-refractivity contribution in [3.63, 3.8) is 0 Å². The molecule has 0 fully saturated rings. The normalized spacial score (nSPS) is 17.0. The van der Waals surface area contributed by atoms with E-state index in [1.54, 1.807) is 16.8 Å². The molecule has 1 aromatic heterocycles. The fourth-order valence-corrected chi connectivity index (χ4v) is 4.28. The maximum atomic E-state index is 13.1. The average Bonchev–Trinajstić information content (AvgIpc) is 3.25. The van der Waals surface area contributed by atoms with E-state index in [1.165, 1.54) is 17.3 Å². The van der Waals surface area contributed by atoms with Gasteiger partial charge in [0, 0.05) is 16.8 Å². The maximum Gasteiger partial charge on any atom is 0.240 e. The Balaban J connectivity index is 1.55. The Morgan fingerprint density at radius 3 is 2.74 bits per heavy atom. The summed E-state index contributed by atoms with van der Waals surface area (Å²) >= 11 is 7.30. The molecular weight excluding hydrogens is 382 g/mol. The Morgan fingerprint density at radius 1 is 1.22 bits per heavy atom. The molecule has 0 radical (unpaired) electrons. The lowest BCUT2D eigenvalue weighted by Gasteiger charge is -2.25. The van der Waals surface area contributed by atoms with E-state index in [4.69, 9.17) is 11.6 Å². The molecule has 2 atom stereocenters. The Labute approximate surface area is 166 Å². The van der Waals surface area contributed by atoms with E-state index in [0.29, 0.717) is 10.2 Å². The first-order valence-electron chi connectivity index (χ1n) is 8.66. The molecule has 0 saturated carbocycles. The van der Waals surface area contributed by atoms with Gasteiger partial charge in [-0.25, -0.2) is 0 Å². The third-order valence-corrected chi connectivity index (χ3v) is 5.86. The van der Waals surface area contributed by atoms with Crippen LogP contribution in [0.1, 0.15) is 19.4 Å². The highest BCUT2D eigenvalue weighted by Crippen LogP contribution is 2.34. The number of tetrazole rings is 1. The van der Waals surface area contributed by atoms with E-state index < -0.39 is 0 Å². The number of para-hydroxylation sites is 1. The SMILES string of the molecule is C[C@@H]1Cc2ccccc2N1C(=O)[C@@H](C)Sc1nnnn1-c1ccc(Cl)cc1. The Bertz CT molecular complexity index is 974. The number of halogens is 1. The third-order valence-electron chi connectivity index (χ3n) is 4.59. The number of amides is 1. The molecule has 2 heterocycles. The number of aromatic nitrogens is 4. The summed E-state index contributed by atoms with van der Waals surface area (Å²) in [5, 5.41) is 12.8. The van der Waals surface area contributed by atoms with Crippen molar-refractivity contribution in [2.75, 3.05) is 4.90 Å². The second-order valence-electron chi connectivity index (χ2n) is 6.50. The second kappa shape index (κ2) is 7.32. The van der Waals surface area contributed by atoms with Crippen LogP contribution in [-0.4, -0.2) is 37.4 Å². The van der Waals surface area contributed by atoms with Crippen LogP contribution < -0.4 is 4.90 Å². The number of benzene rings is 2. The number of carbonyl (C=O) groups is 1. The molecule has 1 aliphatic rings. The van der Waals surface area contributed by atoms with Gasteiger partial charge in [0.1, 0.15) is 0 Å². The van der Waals surface area contributed by atoms with Crippen molar-refractivity contribution < 1.29 is 4.79 Å². The van der Waals surface area contributed by atoms with Crippen LogP contribution in [0, 0.1) is 0 Å². The summed E-state index contributed by atoms with van der Waals surface area (Å²) in [6.45, 7) is 3.97. The largest absolute Gasteiger partial charge is 0.308 e. The highest BCUT2D eigenvalue weighted by Gasteiger charge is 2.34. The zero-order valence-corrected chi connectivity index (χ0v) is 16.5. The number of fused-ring (bicyclic) bond motifs is 1. The van der Waals surface area contributed by atoms with Gasteiger partial charge in [-0.2, -0.15) is 4.68 Å². The molecule has 8 heteroatoms. The number of thioether (sulfide) groups is 1. The van der Waals surface area contributed by atoms with Crippen LogP contribution in [0.3, 0.4) is 0 Å². The Kier molecular flexibility index (Phi) is 4.88. The summed E-state index contributed by atoms with van der Waals surface area (Å²) < 4.78 is 1.62. The molecule has 3 aromatic rings. The van der Waals surface area contributed by atoms with E-state index in [-0.39, 0.29) is 17.2 Å². The predicted molar refractivity (Wildman–Crippen MR) is 107 cm³/mol. The Morgan fingerprint density at radius 2 is 1.96 bits per heavy atom. The molecule has 2 aromatic carbocycles. The summed E-state index contributed by atoms with van der Waals surface area (Å²) in [6.07, 6.45) is 0.877. The van der Waals surface area contributed by atoms with E-state index in [9.17, 15) is 4.79 Å². The van der Waals surface area contributed by atoms with Gasteiger partial charge in [-0.3, -0.25) is 4.79 Å². The predicted octanol–water partition coefficient (Wildman–Crippen LogP) is 3.77. The molecule has 0 bridgehead atoms. The van der Waals surface area contributed by atoms with Crippen molar-refractivity contribution in [3.05, 3.63) is 59.1 Å². The first-order valence-corrected chi connectivity index (χ1v) is 9.92. The zero-order chi connectivity index (χ0) is 19.0. The first-order chi connectivity index (χ1) is 13.0. The molecule has 27 heavy (non-hydrogen) atoms. The molecule has 1 aliphatic heterocycles. The molecule has 0 aliphatic carbocycles. The third kappa shape index (κ3) is 3.44. The monoisotopic (exact) mass is 399 g/mol. The van der Waals surface area contributed by atoms with Crippen molar-refractivity contribution in [2.45, 2.75) is 36.7 Å². The quantitative estimate of drug-likeness (QED) is 0.625. The van der Waals surface area contributed by atoms with E-state index in [1.807, 2.05) is 42.2 Å². The van der Waals surface area contributed by atoms with Crippen LogP contribution in [0.5, 0.6) is 0 Å². The number of rotatable bonds is 4. The minimum atomic E-state index is -0.323. The van der Waals surface area contributed by atoms with Crippen LogP contribution in [0.2, 0.25) is 5.02 Å². The summed E-state index contributed by atoms with van der Waals surface area (Å²) in [4.78, 5) is 15.0. The Hall–Kier alpha value is -2.38. The lowest BCUT2D eigenvalue weighted by atomic mass is 10.1. The maximum absolute atomic E-state index is 13.1. The highest BCUT2D eigenvalue weighted by atomic mass is 35.5. The van der Waals surface area contributed by atoms with Gasteiger partial charge < -0.3 is 4.90 Å². The van der Waals surface area contributed by atoms with Gasteiger partial charge in [0.05, 0.1) is 10.9 Å². The molecule has 0 N–H and O–H groups in total. The number of carbonyl (C=O) groups excluding carboxylic acids is 1. The number of nitrogens with zero attached hydrogens (tertiary/aromatic N) is 5. The fourth-order valence-electron chi connectivity index (χ4n) is 3.30. The number of hydrogen-bond donors (Lipinski definition) is 0. The lowest BCUT2D eigenvalue weighted by Crippen LogP contribution is -2.40. The fraction of sp³-hybridized carbons (Fsp3) is 0.263. The van der Waals surface area contributed by atoms with E-state index >= 15 is 0 Å². The average molecular weight is 400 g/mol. The van der Waals surface area contributed by atoms with Gasteiger partial charge in [0.15, 0.2) is 0 Å². The second-order valence-corrected chi connectivity index (χ2v) is 8.24. The minimum Gasteiger partial charge on any atom is -0.308 e. The van der Waals surface area contributed by atoms with Crippen molar-refractivity contribution in [1.82, 2.24) is 20.2 Å². The summed E-state index contributed by atoms with van der Waals surface area (Å²) in [7, 11) is 0. The zero-order valence-electron chi connectivity index (χ0n) is 14.9. The van der Waals surface area contributed by atoms with Crippen LogP contribution in [0.15, 0.2) is 53.7 Å². The molecule has 0 spiro atoms. The van der Waals surface area contributed by atoms with E-state index in [2.05, 4.69) is 28.5 Å². The van der Waals surface area contributed by atoms with Gasteiger partial charge in [-0.1, -0.05) is 41.6 Å². The minimum absolute atomic E-state index is 0.0584. The van der Waals surface area contributed by atoms with Crippen LogP contribution in [-0.2, 0) is 11.2 Å². The summed E-state index contributed by atoms with van der Waals surface area (Å²) in [6, 6.07) is 15.5. The van der Waals surface area contributed by atoms with Crippen LogP contribution >= 0.6 is 23.4 Å². The molecule has 0 unspecified atom stereocenters. The topological polar surface area (TPSA) is 63.9 Å². The summed E-state index contributed by atoms with van der Waals surface area (Å²) in [5.74, 6) is 0.0584. The van der Waals surface area contributed by atoms with Gasteiger partial charge in [0.2, 0.25) is 11.1 Å². The van der Waals surface area contributed by atoms with Crippen molar-refractivity contribution >= 4 is 35.0 Å².